The van der Waals surface area contributed by atoms with Crippen LogP contribution in [0.3, 0.4) is 0 Å². The quantitative estimate of drug-likeness (QED) is 0.335. The summed E-state index contributed by atoms with van der Waals surface area (Å²) in [7, 11) is 5.50. The maximum absolute atomic E-state index is 13.7. The number of aryl methyl sites for hydroxylation is 1. The average molecular weight is 504 g/mol. The van der Waals surface area contributed by atoms with E-state index in [9.17, 15) is 23.2 Å². The molecule has 0 unspecified atom stereocenters. The van der Waals surface area contributed by atoms with Gasteiger partial charge in [0.05, 0.1) is 17.2 Å². The molecule has 0 radical (unpaired) electrons. The van der Waals surface area contributed by atoms with Gasteiger partial charge in [-0.3, -0.25) is 4.79 Å². The topological polar surface area (TPSA) is 74.0 Å². The molecule has 0 spiro atoms. The van der Waals surface area contributed by atoms with Crippen molar-refractivity contribution in [3.8, 4) is 28.3 Å². The summed E-state index contributed by atoms with van der Waals surface area (Å²) >= 11 is 0. The van der Waals surface area contributed by atoms with Crippen LogP contribution in [0.2, 0.25) is 0 Å². The second-order valence-electron chi connectivity index (χ2n) is 8.89. The van der Waals surface area contributed by atoms with Crippen molar-refractivity contribution in [3.63, 3.8) is 0 Å². The summed E-state index contributed by atoms with van der Waals surface area (Å²) in [5.74, 6) is -0.525. The van der Waals surface area contributed by atoms with Crippen LogP contribution in [0.15, 0.2) is 73.1 Å². The molecule has 2 heterocycles. The minimum atomic E-state index is -4.61. The summed E-state index contributed by atoms with van der Waals surface area (Å²) in [5.41, 5.74) is 2.61. The summed E-state index contributed by atoms with van der Waals surface area (Å²) in [6, 6.07) is 14.4. The van der Waals surface area contributed by atoms with Crippen molar-refractivity contribution in [3.05, 3.63) is 84.2 Å². The number of benzene rings is 2. The Labute approximate surface area is 212 Å². The Morgan fingerprint density at radius 3 is 2.62 bits per heavy atom. The zero-order valence-corrected chi connectivity index (χ0v) is 20.5. The molecule has 9 heteroatoms. The van der Waals surface area contributed by atoms with Gasteiger partial charge in [0.25, 0.3) is 0 Å². The molecular weight excluding hydrogens is 479 g/mol. The van der Waals surface area contributed by atoms with Crippen molar-refractivity contribution >= 4 is 22.6 Å². The Kier molecular flexibility index (Phi) is 7.14. The molecule has 37 heavy (non-hydrogen) atoms. The summed E-state index contributed by atoms with van der Waals surface area (Å²) in [4.78, 5) is 18.6. The lowest BCUT2D eigenvalue weighted by molar-refractivity contribution is -0.137. The van der Waals surface area contributed by atoms with E-state index < -0.39 is 17.6 Å². The monoisotopic (exact) mass is 503 g/mol. The Hall–Kier alpha value is -4.42. The van der Waals surface area contributed by atoms with Crippen LogP contribution in [0.25, 0.3) is 33.3 Å². The van der Waals surface area contributed by atoms with Crippen LogP contribution in [0.1, 0.15) is 11.1 Å². The third kappa shape index (κ3) is 5.88. The van der Waals surface area contributed by atoms with E-state index in [1.165, 1.54) is 18.3 Å². The van der Waals surface area contributed by atoms with E-state index in [4.69, 9.17) is 0 Å². The Morgan fingerprint density at radius 2 is 1.92 bits per heavy atom. The number of halogens is 3. The highest BCUT2D eigenvalue weighted by Gasteiger charge is 2.31. The second kappa shape index (κ2) is 10.3. The lowest BCUT2D eigenvalue weighted by Crippen LogP contribution is -2.13. The molecule has 0 atom stereocenters. The molecule has 0 bridgehead atoms. The third-order valence-corrected chi connectivity index (χ3v) is 5.72. The van der Waals surface area contributed by atoms with Crippen molar-refractivity contribution in [2.75, 3.05) is 26.0 Å². The molecule has 4 aromatic rings. The van der Waals surface area contributed by atoms with E-state index in [2.05, 4.69) is 16.4 Å². The summed E-state index contributed by atoms with van der Waals surface area (Å²) in [5, 5.41) is 12.5. The van der Waals surface area contributed by atoms with Crippen LogP contribution < -0.4 is 5.32 Å². The van der Waals surface area contributed by atoms with Gasteiger partial charge in [-0.2, -0.15) is 18.4 Å². The standard InChI is InChI=1S/C28H24F3N5O/c1-35(2)9-5-8-26(37)34-23-12-20(11-22(14-23)28(29,30)31)21-13-24-25(17-36(3)27(24)33-16-21)19-7-4-6-18(10-19)15-32/h4-8,10-14,16-17H,9H2,1-3H3,(H,34,37)/b8-5+. The SMILES string of the molecule is CN(C)C/C=C/C(=O)Nc1cc(-c2cnc3c(c2)c(-c2cccc(C#N)c2)cn3C)cc(C(F)(F)F)c1. The van der Waals surface area contributed by atoms with Gasteiger partial charge in [-0.05, 0) is 61.6 Å². The van der Waals surface area contributed by atoms with Gasteiger partial charge in [-0.1, -0.05) is 18.2 Å². The van der Waals surface area contributed by atoms with Gasteiger partial charge in [0, 0.05) is 54.3 Å². The number of nitrogens with one attached hydrogen (secondary N) is 1. The normalized spacial score (nSPS) is 11.8. The molecule has 0 aliphatic heterocycles. The van der Waals surface area contributed by atoms with Crippen LogP contribution in [0, 0.1) is 11.3 Å². The minimum absolute atomic E-state index is 0.0273. The number of hydrogen-bond acceptors (Lipinski definition) is 4. The van der Waals surface area contributed by atoms with Crippen molar-refractivity contribution in [2.24, 2.45) is 7.05 Å². The third-order valence-electron chi connectivity index (χ3n) is 5.72. The number of carbonyl (C=O) groups is 1. The smallest absolute Gasteiger partial charge is 0.335 e. The number of rotatable bonds is 6. The highest BCUT2D eigenvalue weighted by atomic mass is 19.4. The number of pyridine rings is 1. The van der Waals surface area contributed by atoms with E-state index in [-0.39, 0.29) is 11.3 Å². The zero-order valence-electron chi connectivity index (χ0n) is 20.5. The molecule has 2 aromatic carbocycles. The Balaban J connectivity index is 1.79. The molecule has 0 fully saturated rings. The number of nitriles is 1. The summed E-state index contributed by atoms with van der Waals surface area (Å²) in [6.45, 7) is 0.517. The highest BCUT2D eigenvalue weighted by Crippen LogP contribution is 2.37. The number of alkyl halides is 3. The van der Waals surface area contributed by atoms with E-state index in [0.717, 1.165) is 28.6 Å². The first-order chi connectivity index (χ1) is 17.5. The van der Waals surface area contributed by atoms with Crippen molar-refractivity contribution in [1.82, 2.24) is 14.5 Å². The number of anilines is 1. The molecule has 1 amide bonds. The summed E-state index contributed by atoms with van der Waals surface area (Å²) < 4.78 is 43.0. The van der Waals surface area contributed by atoms with E-state index in [1.54, 1.807) is 30.3 Å². The largest absolute Gasteiger partial charge is 0.416 e. The predicted octanol–water partition coefficient (Wildman–Crippen LogP) is 5.85. The van der Waals surface area contributed by atoms with Crippen molar-refractivity contribution < 1.29 is 18.0 Å². The van der Waals surface area contributed by atoms with Gasteiger partial charge < -0.3 is 14.8 Å². The van der Waals surface area contributed by atoms with Gasteiger partial charge in [0.2, 0.25) is 5.91 Å². The number of amides is 1. The maximum atomic E-state index is 13.7. The van der Waals surface area contributed by atoms with E-state index in [0.29, 0.717) is 23.3 Å². The average Bonchev–Trinajstić information content (AvgIpc) is 3.19. The molecule has 188 valence electrons. The lowest BCUT2D eigenvalue weighted by atomic mass is 9.99. The van der Waals surface area contributed by atoms with Crippen LogP contribution in [0.5, 0.6) is 0 Å². The molecule has 0 aliphatic rings. The molecule has 4 rings (SSSR count). The minimum Gasteiger partial charge on any atom is -0.335 e. The summed E-state index contributed by atoms with van der Waals surface area (Å²) in [6.07, 6.45) is 1.69. The van der Waals surface area contributed by atoms with Crippen molar-refractivity contribution in [2.45, 2.75) is 6.18 Å². The number of carbonyl (C=O) groups excluding carboxylic acids is 1. The molecular formula is C28H24F3N5O. The van der Waals surface area contributed by atoms with Crippen LogP contribution in [0.4, 0.5) is 18.9 Å². The van der Waals surface area contributed by atoms with E-state index >= 15 is 0 Å². The van der Waals surface area contributed by atoms with Gasteiger partial charge in [-0.25, -0.2) is 4.98 Å². The molecule has 6 nitrogen and oxygen atoms in total. The Morgan fingerprint density at radius 1 is 1.14 bits per heavy atom. The first-order valence-corrected chi connectivity index (χ1v) is 11.4. The van der Waals surface area contributed by atoms with E-state index in [1.807, 2.05) is 42.9 Å². The van der Waals surface area contributed by atoms with Crippen LogP contribution >= 0.6 is 0 Å². The van der Waals surface area contributed by atoms with Gasteiger partial charge >= 0.3 is 6.18 Å². The van der Waals surface area contributed by atoms with Gasteiger partial charge in [-0.15, -0.1) is 0 Å². The van der Waals surface area contributed by atoms with Crippen LogP contribution in [-0.2, 0) is 18.0 Å². The maximum Gasteiger partial charge on any atom is 0.416 e. The number of aromatic nitrogens is 2. The zero-order chi connectivity index (χ0) is 26.7. The van der Waals surface area contributed by atoms with Gasteiger partial charge in [0.1, 0.15) is 5.65 Å². The van der Waals surface area contributed by atoms with Gasteiger partial charge in [0.15, 0.2) is 0 Å². The molecule has 1 N–H and O–H groups in total. The predicted molar refractivity (Wildman–Crippen MR) is 138 cm³/mol. The second-order valence-corrected chi connectivity index (χ2v) is 8.89. The lowest BCUT2D eigenvalue weighted by Gasteiger charge is -2.13. The van der Waals surface area contributed by atoms with Crippen LogP contribution in [-0.4, -0.2) is 41.0 Å². The first-order valence-electron chi connectivity index (χ1n) is 11.4. The number of nitrogens with zero attached hydrogens (tertiary/aromatic N) is 4. The molecule has 0 saturated carbocycles. The number of fused-ring (bicyclic) bond motifs is 1. The Bertz CT molecular complexity index is 1540. The molecule has 0 saturated heterocycles. The fraction of sp³-hybridized carbons (Fsp3) is 0.179. The fourth-order valence-corrected chi connectivity index (χ4v) is 3.99. The highest BCUT2D eigenvalue weighted by molar-refractivity contribution is 6.00. The molecule has 2 aromatic heterocycles. The fourth-order valence-electron chi connectivity index (χ4n) is 3.99. The van der Waals surface area contributed by atoms with Crippen molar-refractivity contribution in [1.29, 1.82) is 5.26 Å². The number of likely N-dealkylation sites (N-methyl/N-ethyl adjacent to an activating group) is 1. The number of hydrogen-bond donors (Lipinski definition) is 1. The molecule has 0 aliphatic carbocycles. The first kappa shape index (κ1) is 25.7.